The van der Waals surface area contributed by atoms with Crippen LogP contribution in [0.5, 0.6) is 0 Å². The van der Waals surface area contributed by atoms with Crippen molar-refractivity contribution in [3.8, 4) is 0 Å². The van der Waals surface area contributed by atoms with E-state index in [1.807, 2.05) is 0 Å². The first-order valence-electron chi connectivity index (χ1n) is 21.7. The van der Waals surface area contributed by atoms with Gasteiger partial charge >= 0.3 is 25.7 Å². The second kappa shape index (κ2) is 39.3. The van der Waals surface area contributed by atoms with Crippen LogP contribution in [0.2, 0.25) is 0 Å². The minimum Gasteiger partial charge on any atom is -0.480 e. The van der Waals surface area contributed by atoms with E-state index < -0.39 is 51.1 Å². The zero-order valence-corrected chi connectivity index (χ0v) is 35.9. The number of phosphoric acid groups is 1. The molecule has 0 saturated carbocycles. The quantitative estimate of drug-likeness (QED) is 0.0233. The fraction of sp³-hybridized carbons (Fsp3) is 0.750. The molecule has 0 heterocycles. The molecule has 0 rings (SSSR count). The number of hydrogen-bond acceptors (Lipinski definition) is 9. The second-order valence-electron chi connectivity index (χ2n) is 14.5. The van der Waals surface area contributed by atoms with Gasteiger partial charge in [0.1, 0.15) is 12.6 Å². The van der Waals surface area contributed by atoms with Crippen molar-refractivity contribution in [1.82, 2.24) is 0 Å². The smallest absolute Gasteiger partial charge is 0.472 e. The fourth-order valence-corrected chi connectivity index (χ4v) is 6.37. The zero-order chi connectivity index (χ0) is 41.4. The monoisotopic (exact) mass is 812 g/mol. The summed E-state index contributed by atoms with van der Waals surface area (Å²) in [5.74, 6) is -2.41. The summed E-state index contributed by atoms with van der Waals surface area (Å²) < 4.78 is 32.7. The maximum Gasteiger partial charge on any atom is 0.472 e. The zero-order valence-electron chi connectivity index (χ0n) is 35.0. The lowest BCUT2D eigenvalue weighted by Gasteiger charge is -2.20. The van der Waals surface area contributed by atoms with E-state index >= 15 is 0 Å². The van der Waals surface area contributed by atoms with Gasteiger partial charge in [-0.05, 0) is 77.0 Å². The molecule has 0 aliphatic rings. The Bertz CT molecular complexity index is 1140. The Morgan fingerprint density at radius 3 is 1.46 bits per heavy atom. The van der Waals surface area contributed by atoms with Crippen molar-refractivity contribution in [2.75, 3.05) is 19.8 Å². The van der Waals surface area contributed by atoms with Crippen LogP contribution in [0.4, 0.5) is 0 Å². The molecule has 11 nitrogen and oxygen atoms in total. The highest BCUT2D eigenvalue weighted by molar-refractivity contribution is 7.47. The van der Waals surface area contributed by atoms with Gasteiger partial charge < -0.3 is 25.2 Å². The number of esters is 2. The molecule has 1 unspecified atom stereocenters. The molecule has 0 saturated heterocycles. The summed E-state index contributed by atoms with van der Waals surface area (Å²) in [6.07, 6.45) is 43.1. The maximum atomic E-state index is 12.6. The van der Waals surface area contributed by atoms with Crippen molar-refractivity contribution < 1.29 is 47.5 Å². The molecule has 56 heavy (non-hydrogen) atoms. The normalized spacial score (nSPS) is 14.2. The predicted molar refractivity (Wildman–Crippen MR) is 226 cm³/mol. The summed E-state index contributed by atoms with van der Waals surface area (Å²) in [5, 5.41) is 8.88. The highest BCUT2D eigenvalue weighted by Gasteiger charge is 2.28. The van der Waals surface area contributed by atoms with Crippen molar-refractivity contribution in [2.45, 2.75) is 193 Å². The molecular formula is C44H78NO10P. The van der Waals surface area contributed by atoms with Crippen LogP contribution in [0.3, 0.4) is 0 Å². The van der Waals surface area contributed by atoms with E-state index in [2.05, 4.69) is 67.0 Å². The SMILES string of the molecule is CCCCC/C=C/C/C=C/C/C=C/CCCCCCC(=O)OC[C@H](COP(=O)(O)OC[C@H](N)C(=O)O)OC(=O)CCCCCCCCC/C=C/CCCCCC. The summed E-state index contributed by atoms with van der Waals surface area (Å²) in [6.45, 7) is 2.73. The van der Waals surface area contributed by atoms with Crippen molar-refractivity contribution in [1.29, 1.82) is 0 Å². The molecule has 324 valence electrons. The van der Waals surface area contributed by atoms with Crippen LogP contribution in [-0.4, -0.2) is 59.9 Å². The van der Waals surface area contributed by atoms with E-state index in [0.29, 0.717) is 12.8 Å². The van der Waals surface area contributed by atoms with Gasteiger partial charge in [0.15, 0.2) is 6.10 Å². The molecule has 0 bridgehead atoms. The summed E-state index contributed by atoms with van der Waals surface area (Å²) >= 11 is 0. The fourth-order valence-electron chi connectivity index (χ4n) is 5.59. The van der Waals surface area contributed by atoms with Crippen LogP contribution in [0, 0.1) is 0 Å². The van der Waals surface area contributed by atoms with Gasteiger partial charge in [-0.3, -0.25) is 23.4 Å². The lowest BCUT2D eigenvalue weighted by atomic mass is 10.1. The molecule has 0 aliphatic carbocycles. The number of rotatable bonds is 40. The number of carboxylic acid groups (broad SMARTS) is 1. The average Bonchev–Trinajstić information content (AvgIpc) is 3.17. The number of carbonyl (C=O) groups is 3. The largest absolute Gasteiger partial charge is 0.480 e. The van der Waals surface area contributed by atoms with Crippen LogP contribution in [0.25, 0.3) is 0 Å². The molecule has 0 aliphatic heterocycles. The highest BCUT2D eigenvalue weighted by Crippen LogP contribution is 2.43. The molecule has 3 atom stereocenters. The summed E-state index contributed by atoms with van der Waals surface area (Å²) in [6, 6.07) is -1.53. The Balaban J connectivity index is 4.42. The number of allylic oxidation sites excluding steroid dienone is 8. The molecule has 0 fully saturated rings. The Labute approximate surface area is 339 Å². The number of nitrogens with two attached hydrogens (primary N) is 1. The Hall–Kier alpha value is -2.56. The molecule has 0 spiro atoms. The van der Waals surface area contributed by atoms with Crippen LogP contribution in [0.15, 0.2) is 48.6 Å². The van der Waals surface area contributed by atoms with Gasteiger partial charge in [0.25, 0.3) is 0 Å². The number of hydrogen-bond donors (Lipinski definition) is 3. The molecule has 0 amide bonds. The van der Waals surface area contributed by atoms with Gasteiger partial charge in [-0.25, -0.2) is 4.57 Å². The van der Waals surface area contributed by atoms with Crippen LogP contribution in [0.1, 0.15) is 181 Å². The first-order chi connectivity index (χ1) is 27.1. The van der Waals surface area contributed by atoms with E-state index in [1.165, 1.54) is 64.2 Å². The second-order valence-corrected chi connectivity index (χ2v) is 15.9. The topological polar surface area (TPSA) is 172 Å². The van der Waals surface area contributed by atoms with Crippen molar-refractivity contribution in [3.63, 3.8) is 0 Å². The van der Waals surface area contributed by atoms with Crippen molar-refractivity contribution in [3.05, 3.63) is 48.6 Å². The number of phosphoric ester groups is 1. The van der Waals surface area contributed by atoms with Gasteiger partial charge in [0.05, 0.1) is 13.2 Å². The van der Waals surface area contributed by atoms with E-state index in [-0.39, 0.29) is 19.4 Å². The van der Waals surface area contributed by atoms with Crippen molar-refractivity contribution >= 4 is 25.7 Å². The number of ether oxygens (including phenoxy) is 2. The minimum atomic E-state index is -4.72. The van der Waals surface area contributed by atoms with Crippen LogP contribution < -0.4 is 5.73 Å². The standard InChI is InChI=1S/C44H78NO10P/c1-3-5-7-9-11-13-15-17-19-20-22-23-25-27-29-31-33-35-42(46)52-37-40(38-53-56(50,51)54-39-41(45)44(48)49)55-43(47)36-34-32-30-28-26-24-21-18-16-14-12-10-8-6-4-2/h11,13-14,16-17,19,22-23,40-41H,3-10,12,15,18,20-21,24-39,45H2,1-2H3,(H,48,49)(H,50,51)/b13-11+,16-14+,19-17+,23-22+/t40-,41+/m1/s1. The molecule has 0 radical (unpaired) electrons. The van der Waals surface area contributed by atoms with E-state index in [1.54, 1.807) is 0 Å². The summed E-state index contributed by atoms with van der Waals surface area (Å²) in [7, 11) is -4.72. The molecule has 0 aromatic heterocycles. The highest BCUT2D eigenvalue weighted by atomic mass is 31.2. The Kier molecular flexibility index (Phi) is 37.5. The van der Waals surface area contributed by atoms with Gasteiger partial charge in [0.2, 0.25) is 0 Å². The third-order valence-corrected chi connectivity index (χ3v) is 10.0. The van der Waals surface area contributed by atoms with Gasteiger partial charge in [-0.15, -0.1) is 0 Å². The molecule has 0 aromatic rings. The van der Waals surface area contributed by atoms with Crippen LogP contribution in [-0.2, 0) is 37.5 Å². The van der Waals surface area contributed by atoms with Crippen molar-refractivity contribution in [2.24, 2.45) is 5.73 Å². The third-order valence-electron chi connectivity index (χ3n) is 9.05. The van der Waals surface area contributed by atoms with E-state index in [9.17, 15) is 23.8 Å². The predicted octanol–water partition coefficient (Wildman–Crippen LogP) is 11.4. The Morgan fingerprint density at radius 2 is 0.946 bits per heavy atom. The maximum absolute atomic E-state index is 12.6. The van der Waals surface area contributed by atoms with E-state index in [4.69, 9.17) is 24.8 Å². The molecule has 4 N–H and O–H groups in total. The number of carboxylic acids is 1. The lowest BCUT2D eigenvalue weighted by Crippen LogP contribution is -2.34. The molecule has 0 aromatic carbocycles. The lowest BCUT2D eigenvalue weighted by molar-refractivity contribution is -0.161. The molecule has 12 heteroatoms. The number of carbonyl (C=O) groups excluding carboxylic acids is 2. The number of unbranched alkanes of at least 4 members (excludes halogenated alkanes) is 18. The summed E-state index contributed by atoms with van der Waals surface area (Å²) in [5.41, 5.74) is 5.33. The summed E-state index contributed by atoms with van der Waals surface area (Å²) in [4.78, 5) is 45.9. The van der Waals surface area contributed by atoms with E-state index in [0.717, 1.165) is 77.0 Å². The molecular weight excluding hydrogens is 733 g/mol. The Morgan fingerprint density at radius 1 is 0.554 bits per heavy atom. The average molecular weight is 812 g/mol. The number of aliphatic carboxylic acids is 1. The first kappa shape index (κ1) is 53.4. The van der Waals surface area contributed by atoms with Gasteiger partial charge in [-0.2, -0.15) is 0 Å². The third kappa shape index (κ3) is 38.3. The first-order valence-corrected chi connectivity index (χ1v) is 23.2. The van der Waals surface area contributed by atoms with Gasteiger partial charge in [-0.1, -0.05) is 140 Å². The van der Waals surface area contributed by atoms with Crippen LogP contribution >= 0.6 is 7.82 Å². The minimum absolute atomic E-state index is 0.150. The van der Waals surface area contributed by atoms with Gasteiger partial charge in [0, 0.05) is 12.8 Å².